The summed E-state index contributed by atoms with van der Waals surface area (Å²) >= 11 is 0. The largest absolute Gasteiger partial charge is 0.494 e. The van der Waals surface area contributed by atoms with Crippen molar-refractivity contribution in [3.63, 3.8) is 0 Å². The molecule has 0 aliphatic carbocycles. The molecule has 1 amide bonds. The number of anilines is 1. The molecule has 0 radical (unpaired) electrons. The third kappa shape index (κ3) is 6.60. The molecule has 0 atom stereocenters. The summed E-state index contributed by atoms with van der Waals surface area (Å²) in [6, 6.07) is 22.6. The van der Waals surface area contributed by atoms with Crippen LogP contribution in [0.15, 0.2) is 77.9 Å². The number of benzene rings is 3. The van der Waals surface area contributed by atoms with E-state index in [4.69, 9.17) is 9.47 Å². The molecule has 3 aromatic rings. The highest BCUT2D eigenvalue weighted by molar-refractivity contribution is 5.94. The van der Waals surface area contributed by atoms with Gasteiger partial charge in [-0.1, -0.05) is 24.3 Å². The Labute approximate surface area is 183 Å². The molecule has 0 saturated carbocycles. The van der Waals surface area contributed by atoms with Gasteiger partial charge in [0, 0.05) is 25.3 Å². The maximum Gasteiger partial charge on any atom is 0.271 e. The second-order valence-corrected chi connectivity index (χ2v) is 7.08. The van der Waals surface area contributed by atoms with Crippen molar-refractivity contribution < 1.29 is 14.3 Å². The molecule has 31 heavy (non-hydrogen) atoms. The molecule has 0 spiro atoms. The van der Waals surface area contributed by atoms with Gasteiger partial charge in [0.05, 0.1) is 12.8 Å². The Bertz CT molecular complexity index is 996. The van der Waals surface area contributed by atoms with Crippen LogP contribution < -0.4 is 19.8 Å². The van der Waals surface area contributed by atoms with Gasteiger partial charge < -0.3 is 14.4 Å². The molecule has 6 nitrogen and oxygen atoms in total. The number of ether oxygens (including phenoxy) is 2. The summed E-state index contributed by atoms with van der Waals surface area (Å²) in [6.45, 7) is 3.00. The van der Waals surface area contributed by atoms with E-state index in [0.717, 1.165) is 28.3 Å². The number of amides is 1. The van der Waals surface area contributed by atoms with Crippen molar-refractivity contribution in [3.05, 3.63) is 89.5 Å². The summed E-state index contributed by atoms with van der Waals surface area (Å²) in [4.78, 5) is 14.3. The van der Waals surface area contributed by atoms with E-state index in [9.17, 15) is 4.79 Å². The van der Waals surface area contributed by atoms with Gasteiger partial charge >= 0.3 is 0 Å². The van der Waals surface area contributed by atoms with E-state index in [2.05, 4.69) is 10.5 Å². The fraction of sp³-hybridized carbons (Fsp3) is 0.200. The molecule has 3 aromatic carbocycles. The maximum absolute atomic E-state index is 12.3. The van der Waals surface area contributed by atoms with Crippen LogP contribution in [0.3, 0.4) is 0 Å². The minimum atomic E-state index is -0.264. The van der Waals surface area contributed by atoms with E-state index in [1.807, 2.05) is 86.6 Å². The van der Waals surface area contributed by atoms with Gasteiger partial charge in [-0.3, -0.25) is 4.79 Å². The summed E-state index contributed by atoms with van der Waals surface area (Å²) < 4.78 is 11.2. The number of rotatable bonds is 9. The molecule has 0 bridgehead atoms. The quantitative estimate of drug-likeness (QED) is 0.411. The molecule has 1 N–H and O–H groups in total. The number of carbonyl (C=O) groups is 1. The van der Waals surface area contributed by atoms with Crippen LogP contribution in [0.4, 0.5) is 5.69 Å². The molecular weight excluding hydrogens is 390 g/mol. The Hall–Kier alpha value is -3.80. The van der Waals surface area contributed by atoms with Crippen LogP contribution in [0.5, 0.6) is 11.5 Å². The minimum absolute atomic E-state index is 0.264. The third-order valence-corrected chi connectivity index (χ3v) is 4.55. The van der Waals surface area contributed by atoms with E-state index in [1.54, 1.807) is 18.3 Å². The van der Waals surface area contributed by atoms with Crippen molar-refractivity contribution in [2.75, 3.05) is 25.6 Å². The van der Waals surface area contributed by atoms with Crippen molar-refractivity contribution in [1.29, 1.82) is 0 Å². The van der Waals surface area contributed by atoms with Crippen LogP contribution in [-0.4, -0.2) is 32.8 Å². The van der Waals surface area contributed by atoms with Crippen LogP contribution in [0.2, 0.25) is 0 Å². The lowest BCUT2D eigenvalue weighted by molar-refractivity contribution is 0.0955. The zero-order valence-corrected chi connectivity index (χ0v) is 18.0. The van der Waals surface area contributed by atoms with Crippen LogP contribution in [0.25, 0.3) is 0 Å². The lowest BCUT2D eigenvalue weighted by Gasteiger charge is -2.11. The fourth-order valence-electron chi connectivity index (χ4n) is 2.81. The van der Waals surface area contributed by atoms with E-state index < -0.39 is 0 Å². The van der Waals surface area contributed by atoms with Crippen LogP contribution in [-0.2, 0) is 6.61 Å². The standard InChI is InChI=1S/C25H27N3O3/c1-4-30-23-13-15-24(16-14-23)31-18-20-5-9-21(10-6-20)25(29)27-26-17-19-7-11-22(12-8-19)28(2)3/h5-17H,4,18H2,1-3H3,(H,27,29)/b26-17-. The van der Waals surface area contributed by atoms with E-state index in [-0.39, 0.29) is 5.91 Å². The number of nitrogens with zero attached hydrogens (tertiary/aromatic N) is 2. The second-order valence-electron chi connectivity index (χ2n) is 7.08. The Balaban J connectivity index is 1.49. The highest BCUT2D eigenvalue weighted by Crippen LogP contribution is 2.19. The van der Waals surface area contributed by atoms with E-state index in [0.29, 0.717) is 18.8 Å². The zero-order valence-electron chi connectivity index (χ0n) is 18.0. The molecule has 160 valence electrons. The smallest absolute Gasteiger partial charge is 0.271 e. The fourth-order valence-corrected chi connectivity index (χ4v) is 2.81. The molecule has 6 heteroatoms. The lowest BCUT2D eigenvalue weighted by Crippen LogP contribution is -2.17. The molecular formula is C25H27N3O3. The predicted octanol–water partition coefficient (Wildman–Crippen LogP) is 4.49. The molecule has 0 aromatic heterocycles. The monoisotopic (exact) mass is 417 g/mol. The predicted molar refractivity (Wildman–Crippen MR) is 124 cm³/mol. The molecule has 0 saturated heterocycles. The molecule has 0 aliphatic rings. The van der Waals surface area contributed by atoms with Crippen LogP contribution in [0.1, 0.15) is 28.4 Å². The van der Waals surface area contributed by atoms with Gasteiger partial charge in [-0.05, 0) is 66.6 Å². The van der Waals surface area contributed by atoms with Gasteiger partial charge in [-0.2, -0.15) is 5.10 Å². The van der Waals surface area contributed by atoms with Gasteiger partial charge in [0.15, 0.2) is 0 Å². The van der Waals surface area contributed by atoms with Crippen molar-refractivity contribution in [3.8, 4) is 11.5 Å². The number of hydrazone groups is 1. The van der Waals surface area contributed by atoms with Crippen molar-refractivity contribution in [2.45, 2.75) is 13.5 Å². The first-order chi connectivity index (χ1) is 15.0. The van der Waals surface area contributed by atoms with Crippen molar-refractivity contribution in [1.82, 2.24) is 5.43 Å². The highest BCUT2D eigenvalue weighted by atomic mass is 16.5. The molecule has 3 rings (SSSR count). The summed E-state index contributed by atoms with van der Waals surface area (Å²) in [6.07, 6.45) is 1.62. The van der Waals surface area contributed by atoms with Gasteiger partial charge in [0.1, 0.15) is 18.1 Å². The normalized spacial score (nSPS) is 10.7. The number of carbonyl (C=O) groups excluding carboxylic acids is 1. The molecule has 0 unspecified atom stereocenters. The molecule has 0 heterocycles. The van der Waals surface area contributed by atoms with E-state index >= 15 is 0 Å². The summed E-state index contributed by atoms with van der Waals surface area (Å²) in [5.41, 5.74) is 6.07. The minimum Gasteiger partial charge on any atom is -0.494 e. The van der Waals surface area contributed by atoms with Crippen LogP contribution in [0, 0.1) is 0 Å². The topological polar surface area (TPSA) is 63.2 Å². The average molecular weight is 418 g/mol. The first kappa shape index (κ1) is 21.9. The SMILES string of the molecule is CCOc1ccc(OCc2ccc(C(=O)N/N=C\c3ccc(N(C)C)cc3)cc2)cc1. The van der Waals surface area contributed by atoms with Crippen molar-refractivity contribution >= 4 is 17.8 Å². The first-order valence-corrected chi connectivity index (χ1v) is 10.1. The van der Waals surface area contributed by atoms with Gasteiger partial charge in [0.25, 0.3) is 5.91 Å². The third-order valence-electron chi connectivity index (χ3n) is 4.55. The molecule has 0 aliphatic heterocycles. The summed E-state index contributed by atoms with van der Waals surface area (Å²) in [7, 11) is 3.97. The Morgan fingerprint density at radius 2 is 1.52 bits per heavy atom. The summed E-state index contributed by atoms with van der Waals surface area (Å²) in [5, 5.41) is 4.04. The Kier molecular flexibility index (Phi) is 7.65. The highest BCUT2D eigenvalue weighted by Gasteiger charge is 2.05. The number of hydrogen-bond acceptors (Lipinski definition) is 5. The average Bonchev–Trinajstić information content (AvgIpc) is 2.79. The van der Waals surface area contributed by atoms with Crippen molar-refractivity contribution in [2.24, 2.45) is 5.10 Å². The number of nitrogens with one attached hydrogen (secondary N) is 1. The van der Waals surface area contributed by atoms with Gasteiger partial charge in [-0.15, -0.1) is 0 Å². The summed E-state index contributed by atoms with van der Waals surface area (Å²) in [5.74, 6) is 1.32. The zero-order chi connectivity index (χ0) is 22.1. The van der Waals surface area contributed by atoms with E-state index in [1.165, 1.54) is 0 Å². The van der Waals surface area contributed by atoms with Crippen LogP contribution >= 0.6 is 0 Å². The second kappa shape index (κ2) is 10.8. The Morgan fingerprint density at radius 1 is 0.903 bits per heavy atom. The van der Waals surface area contributed by atoms with Gasteiger partial charge in [0.2, 0.25) is 0 Å². The molecule has 0 fully saturated rings. The maximum atomic E-state index is 12.3. The number of hydrogen-bond donors (Lipinski definition) is 1. The van der Waals surface area contributed by atoms with Gasteiger partial charge in [-0.25, -0.2) is 5.43 Å². The Morgan fingerprint density at radius 3 is 2.10 bits per heavy atom. The lowest BCUT2D eigenvalue weighted by atomic mass is 10.1. The first-order valence-electron chi connectivity index (χ1n) is 10.1.